The maximum atomic E-state index is 12.7. The molecule has 1 aromatic heterocycles. The summed E-state index contributed by atoms with van der Waals surface area (Å²) in [6, 6.07) is 5.89. The Bertz CT molecular complexity index is 719. The minimum atomic E-state index is -0.283. The SMILES string of the molecule is O=C(NC1(c2ccccn2)CCC1)C1=CC=C2C=CC=C21. The van der Waals surface area contributed by atoms with Crippen LogP contribution in [0.1, 0.15) is 25.0 Å². The Morgan fingerprint density at radius 2 is 2.10 bits per heavy atom. The van der Waals surface area contributed by atoms with Gasteiger partial charge in [-0.15, -0.1) is 0 Å². The third-order valence-electron chi connectivity index (χ3n) is 4.53. The number of allylic oxidation sites excluding steroid dienone is 6. The highest BCUT2D eigenvalue weighted by Crippen LogP contribution is 2.41. The maximum absolute atomic E-state index is 12.7. The summed E-state index contributed by atoms with van der Waals surface area (Å²) in [6.45, 7) is 0. The fourth-order valence-electron chi connectivity index (χ4n) is 3.19. The molecule has 1 heterocycles. The van der Waals surface area contributed by atoms with Crippen LogP contribution in [0.5, 0.6) is 0 Å². The number of nitrogens with one attached hydrogen (secondary N) is 1. The largest absolute Gasteiger partial charge is 0.341 e. The quantitative estimate of drug-likeness (QED) is 0.922. The number of hydrogen-bond acceptors (Lipinski definition) is 2. The molecular formula is C18H16N2O. The summed E-state index contributed by atoms with van der Waals surface area (Å²) in [5, 5.41) is 3.23. The van der Waals surface area contributed by atoms with Gasteiger partial charge < -0.3 is 5.32 Å². The van der Waals surface area contributed by atoms with Crippen molar-refractivity contribution in [2.24, 2.45) is 0 Å². The molecule has 1 saturated carbocycles. The highest BCUT2D eigenvalue weighted by Gasteiger charge is 2.42. The molecule has 21 heavy (non-hydrogen) atoms. The van der Waals surface area contributed by atoms with E-state index in [9.17, 15) is 4.79 Å². The van der Waals surface area contributed by atoms with E-state index < -0.39 is 0 Å². The lowest BCUT2D eigenvalue weighted by atomic mass is 9.73. The lowest BCUT2D eigenvalue weighted by Gasteiger charge is -2.42. The molecule has 0 aliphatic heterocycles. The topological polar surface area (TPSA) is 42.0 Å². The molecule has 0 unspecified atom stereocenters. The van der Waals surface area contributed by atoms with Crippen LogP contribution in [0.15, 0.2) is 71.5 Å². The van der Waals surface area contributed by atoms with Gasteiger partial charge >= 0.3 is 0 Å². The molecule has 1 N–H and O–H groups in total. The number of carbonyl (C=O) groups excluding carboxylic acids is 1. The zero-order chi connectivity index (χ0) is 14.3. The van der Waals surface area contributed by atoms with Crippen molar-refractivity contribution in [1.29, 1.82) is 0 Å². The molecule has 104 valence electrons. The zero-order valence-corrected chi connectivity index (χ0v) is 11.7. The first kappa shape index (κ1) is 12.3. The summed E-state index contributed by atoms with van der Waals surface area (Å²) in [6.07, 6.45) is 14.8. The van der Waals surface area contributed by atoms with E-state index in [0.29, 0.717) is 0 Å². The van der Waals surface area contributed by atoms with Gasteiger partial charge in [0.2, 0.25) is 0 Å². The predicted molar refractivity (Wildman–Crippen MR) is 81.3 cm³/mol. The first-order valence-electron chi connectivity index (χ1n) is 7.34. The summed E-state index contributed by atoms with van der Waals surface area (Å²) in [5.74, 6) is 0.00144. The normalized spacial score (nSPS) is 21.0. The second-order valence-corrected chi connectivity index (χ2v) is 5.75. The summed E-state index contributed by atoms with van der Waals surface area (Å²) in [7, 11) is 0. The van der Waals surface area contributed by atoms with Crippen LogP contribution in [0, 0.1) is 0 Å². The van der Waals surface area contributed by atoms with Gasteiger partial charge in [-0.1, -0.05) is 30.4 Å². The van der Waals surface area contributed by atoms with Gasteiger partial charge in [-0.3, -0.25) is 9.78 Å². The lowest BCUT2D eigenvalue weighted by molar-refractivity contribution is -0.120. The molecule has 1 aromatic rings. The molecule has 0 radical (unpaired) electrons. The first-order valence-corrected chi connectivity index (χ1v) is 7.34. The Kier molecular flexibility index (Phi) is 2.67. The van der Waals surface area contributed by atoms with Crippen LogP contribution in [-0.4, -0.2) is 10.9 Å². The van der Waals surface area contributed by atoms with Gasteiger partial charge in [0.05, 0.1) is 11.2 Å². The average molecular weight is 276 g/mol. The van der Waals surface area contributed by atoms with Gasteiger partial charge in [0.15, 0.2) is 0 Å². The van der Waals surface area contributed by atoms with E-state index in [1.165, 1.54) is 0 Å². The fourth-order valence-corrected chi connectivity index (χ4v) is 3.19. The van der Waals surface area contributed by atoms with Crippen LogP contribution >= 0.6 is 0 Å². The Morgan fingerprint density at radius 1 is 1.19 bits per heavy atom. The Hall–Kier alpha value is -2.42. The summed E-state index contributed by atoms with van der Waals surface area (Å²) >= 11 is 0. The number of pyridine rings is 1. The number of nitrogens with zero attached hydrogens (tertiary/aromatic N) is 1. The highest BCUT2D eigenvalue weighted by molar-refractivity contribution is 6.02. The van der Waals surface area contributed by atoms with E-state index in [1.807, 2.05) is 48.6 Å². The monoisotopic (exact) mass is 276 g/mol. The van der Waals surface area contributed by atoms with Crippen molar-refractivity contribution in [2.45, 2.75) is 24.8 Å². The van der Waals surface area contributed by atoms with E-state index in [-0.39, 0.29) is 11.4 Å². The van der Waals surface area contributed by atoms with Gasteiger partial charge in [0, 0.05) is 11.8 Å². The van der Waals surface area contributed by atoms with Crippen molar-refractivity contribution in [3.05, 3.63) is 77.2 Å². The van der Waals surface area contributed by atoms with E-state index in [0.717, 1.165) is 41.7 Å². The number of amides is 1. The fraction of sp³-hybridized carbons (Fsp3) is 0.222. The van der Waals surface area contributed by atoms with Crippen LogP contribution < -0.4 is 5.32 Å². The molecule has 3 aliphatic rings. The Labute approximate surface area is 123 Å². The molecule has 0 atom stereocenters. The van der Waals surface area contributed by atoms with Gasteiger partial charge in [-0.05, 0) is 48.6 Å². The maximum Gasteiger partial charge on any atom is 0.252 e. The minimum Gasteiger partial charge on any atom is -0.341 e. The first-order chi connectivity index (χ1) is 10.3. The van der Waals surface area contributed by atoms with Crippen molar-refractivity contribution in [3.63, 3.8) is 0 Å². The van der Waals surface area contributed by atoms with Crippen molar-refractivity contribution in [1.82, 2.24) is 10.3 Å². The summed E-state index contributed by atoms with van der Waals surface area (Å²) < 4.78 is 0. The predicted octanol–water partition coefficient (Wildman–Crippen LogP) is 2.94. The van der Waals surface area contributed by atoms with E-state index >= 15 is 0 Å². The summed E-state index contributed by atoms with van der Waals surface area (Å²) in [5.41, 5.74) is 3.60. The molecule has 0 spiro atoms. The van der Waals surface area contributed by atoms with Crippen LogP contribution in [0.25, 0.3) is 0 Å². The number of fused-ring (bicyclic) bond motifs is 1. The molecule has 0 aromatic carbocycles. The van der Waals surface area contributed by atoms with Gasteiger partial charge in [0.1, 0.15) is 0 Å². The van der Waals surface area contributed by atoms with Gasteiger partial charge in [-0.25, -0.2) is 0 Å². The number of aromatic nitrogens is 1. The van der Waals surface area contributed by atoms with Crippen molar-refractivity contribution in [3.8, 4) is 0 Å². The zero-order valence-electron chi connectivity index (χ0n) is 11.7. The lowest BCUT2D eigenvalue weighted by Crippen LogP contribution is -2.51. The molecule has 1 amide bonds. The van der Waals surface area contributed by atoms with E-state index in [1.54, 1.807) is 6.20 Å². The standard InChI is InChI=1S/C18H16N2O/c21-17(15-9-8-13-5-3-6-14(13)15)20-18(10-4-11-18)16-7-1-2-12-19-16/h1-3,5-9,12H,4,10-11H2,(H,20,21). The molecule has 0 saturated heterocycles. The van der Waals surface area contributed by atoms with Crippen LogP contribution in [0.3, 0.4) is 0 Å². The van der Waals surface area contributed by atoms with E-state index in [2.05, 4.69) is 10.3 Å². The van der Waals surface area contributed by atoms with Crippen molar-refractivity contribution < 1.29 is 4.79 Å². The minimum absolute atomic E-state index is 0.00144. The number of rotatable bonds is 3. The third kappa shape index (κ3) is 1.88. The molecule has 3 heteroatoms. The van der Waals surface area contributed by atoms with Crippen LogP contribution in [0.4, 0.5) is 0 Å². The van der Waals surface area contributed by atoms with Gasteiger partial charge in [0.25, 0.3) is 5.91 Å². The highest BCUT2D eigenvalue weighted by atomic mass is 16.1. The van der Waals surface area contributed by atoms with Crippen LogP contribution in [-0.2, 0) is 10.3 Å². The third-order valence-corrected chi connectivity index (χ3v) is 4.53. The second kappa shape index (κ2) is 4.55. The molecule has 0 bridgehead atoms. The average Bonchev–Trinajstić information content (AvgIpc) is 3.06. The molecular weight excluding hydrogens is 260 g/mol. The molecule has 1 fully saturated rings. The number of carbonyl (C=O) groups is 1. The molecule has 4 rings (SSSR count). The smallest absolute Gasteiger partial charge is 0.252 e. The van der Waals surface area contributed by atoms with E-state index in [4.69, 9.17) is 0 Å². The van der Waals surface area contributed by atoms with Crippen LogP contribution in [0.2, 0.25) is 0 Å². The number of hydrogen-bond donors (Lipinski definition) is 1. The second-order valence-electron chi connectivity index (χ2n) is 5.75. The Balaban J connectivity index is 1.57. The van der Waals surface area contributed by atoms with Crippen molar-refractivity contribution >= 4 is 5.91 Å². The summed E-state index contributed by atoms with van der Waals surface area (Å²) in [4.78, 5) is 17.1. The van der Waals surface area contributed by atoms with Gasteiger partial charge in [-0.2, -0.15) is 0 Å². The van der Waals surface area contributed by atoms with Crippen molar-refractivity contribution in [2.75, 3.05) is 0 Å². The Morgan fingerprint density at radius 3 is 2.81 bits per heavy atom. The molecule has 3 aliphatic carbocycles. The molecule has 3 nitrogen and oxygen atoms in total.